The van der Waals surface area contributed by atoms with Crippen molar-refractivity contribution in [1.29, 1.82) is 0 Å². The van der Waals surface area contributed by atoms with Crippen LogP contribution in [0.3, 0.4) is 0 Å². The van der Waals surface area contributed by atoms with Gasteiger partial charge >= 0.3 is 0 Å². The van der Waals surface area contributed by atoms with Crippen LogP contribution >= 0.6 is 0 Å². The summed E-state index contributed by atoms with van der Waals surface area (Å²) in [6, 6.07) is 29.9. The van der Waals surface area contributed by atoms with E-state index in [2.05, 4.69) is 172 Å². The molecular formula is C38H34N10+4. The van der Waals surface area contributed by atoms with E-state index in [0.29, 0.717) is 0 Å². The van der Waals surface area contributed by atoms with Crippen LogP contribution in [0.15, 0.2) is 160 Å². The highest BCUT2D eigenvalue weighted by molar-refractivity contribution is 5.32. The Kier molecular flexibility index (Phi) is 6.81. The molecule has 0 N–H and O–H groups in total. The van der Waals surface area contributed by atoms with E-state index < -0.39 is 0 Å². The molecule has 0 unspecified atom stereocenters. The Morgan fingerprint density at radius 2 is 0.604 bits per heavy atom. The van der Waals surface area contributed by atoms with Crippen LogP contribution in [-0.2, 0) is 26.2 Å². The fraction of sp³-hybridized carbons (Fsp3) is 0.105. The molecule has 6 aromatic heterocycles. The molecular weight excluding hydrogens is 596 g/mol. The van der Waals surface area contributed by atoms with Gasteiger partial charge in [0, 0.05) is 24.3 Å². The van der Waals surface area contributed by atoms with Gasteiger partial charge in [-0.2, -0.15) is 28.2 Å². The summed E-state index contributed by atoms with van der Waals surface area (Å²) < 4.78 is 17.0. The van der Waals surface area contributed by atoms with E-state index in [0.717, 1.165) is 49.5 Å². The quantitative estimate of drug-likeness (QED) is 0.242. The maximum atomic E-state index is 4.97. The van der Waals surface area contributed by atoms with Gasteiger partial charge in [0.2, 0.25) is 23.3 Å². The lowest BCUT2D eigenvalue weighted by Crippen LogP contribution is -2.32. The van der Waals surface area contributed by atoms with E-state index in [4.69, 9.17) is 9.97 Å². The van der Waals surface area contributed by atoms with Gasteiger partial charge in [-0.3, -0.25) is 0 Å². The summed E-state index contributed by atoms with van der Waals surface area (Å²) in [4.78, 5) is 9.93. The first-order chi connectivity index (χ1) is 23.7. The fourth-order valence-corrected chi connectivity index (χ4v) is 6.24. The third kappa shape index (κ3) is 5.71. The number of nitrogens with zero attached hydrogens (tertiary/aromatic N) is 10. The van der Waals surface area contributed by atoms with Crippen molar-refractivity contribution in [1.82, 2.24) is 28.2 Å². The number of imidazole rings is 4. The highest BCUT2D eigenvalue weighted by Gasteiger charge is 2.16. The van der Waals surface area contributed by atoms with E-state index in [1.165, 1.54) is 22.3 Å². The monoisotopic (exact) mass is 630 g/mol. The Labute approximate surface area is 277 Å². The summed E-state index contributed by atoms with van der Waals surface area (Å²) in [5.41, 5.74) is 4.96. The Hall–Kier alpha value is -6.42. The summed E-state index contributed by atoms with van der Waals surface area (Å²) in [5, 5.41) is 0. The predicted molar refractivity (Wildman–Crippen MR) is 176 cm³/mol. The van der Waals surface area contributed by atoms with Crippen LogP contribution in [0.2, 0.25) is 0 Å². The third-order valence-electron chi connectivity index (χ3n) is 8.77. The second-order valence-corrected chi connectivity index (χ2v) is 12.3. The Balaban J connectivity index is 1.04. The molecule has 0 radical (unpaired) electrons. The molecule has 0 fully saturated rings. The molecule has 0 amide bonds. The molecule has 16 bridgehead atoms. The Morgan fingerprint density at radius 3 is 0.854 bits per heavy atom. The lowest BCUT2D eigenvalue weighted by atomic mass is 10.1. The van der Waals surface area contributed by atoms with Crippen molar-refractivity contribution in [3.05, 3.63) is 182 Å². The van der Waals surface area contributed by atoms with Crippen LogP contribution in [0.25, 0.3) is 23.3 Å². The van der Waals surface area contributed by atoms with Crippen LogP contribution in [0.4, 0.5) is 0 Å². The van der Waals surface area contributed by atoms with Gasteiger partial charge in [0.05, 0.1) is 0 Å². The van der Waals surface area contributed by atoms with Gasteiger partial charge in [-0.15, -0.1) is 0 Å². The van der Waals surface area contributed by atoms with E-state index in [9.17, 15) is 0 Å². The molecule has 0 saturated heterocycles. The van der Waals surface area contributed by atoms with Gasteiger partial charge in [0.15, 0.2) is 0 Å². The molecule has 0 atom stereocenters. The average molecular weight is 631 g/mol. The fourth-order valence-electron chi connectivity index (χ4n) is 6.24. The summed E-state index contributed by atoms with van der Waals surface area (Å²) in [6.07, 6.45) is 25.0. The summed E-state index contributed by atoms with van der Waals surface area (Å²) in [7, 11) is 0. The maximum absolute atomic E-state index is 4.97. The molecule has 4 aliphatic heterocycles. The minimum atomic E-state index is 0.776. The van der Waals surface area contributed by atoms with Gasteiger partial charge in [-0.1, -0.05) is 60.7 Å². The summed E-state index contributed by atoms with van der Waals surface area (Å²) in [5.74, 6) is 3.49. The van der Waals surface area contributed by atoms with Crippen LogP contribution in [0.1, 0.15) is 22.3 Å². The molecule has 10 heterocycles. The van der Waals surface area contributed by atoms with Crippen molar-refractivity contribution in [2.45, 2.75) is 26.2 Å². The first kappa shape index (κ1) is 27.9. The standard InChI is InChI=1S/C38H34N10/c1-3-35-39-36(4-1)46-20-16-42(28-46)24-32-9-13-34(14-10-32)26-44-18-22-48(30-44)38-6-2-5-37(40-38)47-21-17-43(29-47)25-33-11-7-31(8-12-33)23-41-15-19-45(35)27-41/h1-22,27-30H,23-26H2/q+4. The van der Waals surface area contributed by atoms with Crippen molar-refractivity contribution in [2.24, 2.45) is 0 Å². The second-order valence-electron chi connectivity index (χ2n) is 12.3. The molecule has 0 aliphatic carbocycles. The number of benzene rings is 2. The molecule has 48 heavy (non-hydrogen) atoms. The smallest absolute Gasteiger partial charge is 0.232 e. The van der Waals surface area contributed by atoms with Gasteiger partial charge < -0.3 is 0 Å². The molecule has 0 spiro atoms. The highest BCUT2D eigenvalue weighted by atomic mass is 15.2. The lowest BCUT2D eigenvalue weighted by molar-refractivity contribution is -0.688. The first-order valence-corrected chi connectivity index (χ1v) is 16.1. The topological polar surface area (TPSA) is 61.0 Å². The van der Waals surface area contributed by atoms with E-state index in [1.54, 1.807) is 0 Å². The number of hydrogen-bond donors (Lipinski definition) is 0. The van der Waals surface area contributed by atoms with Crippen molar-refractivity contribution >= 4 is 0 Å². The normalized spacial score (nSPS) is 12.7. The molecule has 232 valence electrons. The van der Waals surface area contributed by atoms with Crippen molar-refractivity contribution in [2.75, 3.05) is 0 Å². The molecule has 10 nitrogen and oxygen atoms in total. The first-order valence-electron chi connectivity index (χ1n) is 16.1. The van der Waals surface area contributed by atoms with E-state index in [-0.39, 0.29) is 0 Å². The average Bonchev–Trinajstić information content (AvgIpc) is 3.95. The van der Waals surface area contributed by atoms with E-state index >= 15 is 0 Å². The summed E-state index contributed by atoms with van der Waals surface area (Å²) >= 11 is 0. The number of pyridine rings is 2. The molecule has 8 aromatic rings. The van der Waals surface area contributed by atoms with Crippen LogP contribution in [-0.4, -0.2) is 28.2 Å². The third-order valence-corrected chi connectivity index (χ3v) is 8.77. The van der Waals surface area contributed by atoms with Crippen LogP contribution in [0, 0.1) is 0 Å². The summed E-state index contributed by atoms with van der Waals surface area (Å²) in [6.45, 7) is 3.11. The molecule has 0 saturated carbocycles. The van der Waals surface area contributed by atoms with E-state index in [1.807, 2.05) is 24.3 Å². The minimum absolute atomic E-state index is 0.776. The van der Waals surface area contributed by atoms with Gasteiger partial charge in [0.25, 0.3) is 25.3 Å². The Bertz CT molecular complexity index is 2030. The molecule has 2 aromatic carbocycles. The zero-order valence-electron chi connectivity index (χ0n) is 26.3. The largest absolute Gasteiger partial charge is 0.250 e. The van der Waals surface area contributed by atoms with Crippen LogP contribution in [0.5, 0.6) is 0 Å². The van der Waals surface area contributed by atoms with Gasteiger partial charge in [-0.05, 0) is 22.3 Å². The molecule has 12 rings (SSSR count). The highest BCUT2D eigenvalue weighted by Crippen LogP contribution is 2.12. The van der Waals surface area contributed by atoms with Crippen molar-refractivity contribution in [3.8, 4) is 23.3 Å². The van der Waals surface area contributed by atoms with Crippen molar-refractivity contribution in [3.63, 3.8) is 0 Å². The van der Waals surface area contributed by atoms with Gasteiger partial charge in [0.1, 0.15) is 75.8 Å². The number of rotatable bonds is 0. The van der Waals surface area contributed by atoms with Crippen molar-refractivity contribution < 1.29 is 18.3 Å². The van der Waals surface area contributed by atoms with Gasteiger partial charge in [-0.25, -0.2) is 18.3 Å². The zero-order valence-corrected chi connectivity index (χ0v) is 26.3. The lowest BCUT2D eigenvalue weighted by Gasteiger charge is -2.02. The minimum Gasteiger partial charge on any atom is -0.232 e. The Morgan fingerprint density at radius 1 is 0.354 bits per heavy atom. The molecule has 10 heteroatoms. The maximum Gasteiger partial charge on any atom is 0.250 e. The predicted octanol–water partition coefficient (Wildman–Crippen LogP) is 3.30. The van der Waals surface area contributed by atoms with Crippen LogP contribution < -0.4 is 18.3 Å². The molecule has 4 aliphatic rings. The number of aromatic nitrogens is 10. The zero-order chi connectivity index (χ0) is 31.9. The SMILES string of the molecule is c1cc2nc(c1)-n1cc[n+](c1)Cc1ccc(cc1)C[n+]1ccn(c1)-c1cccc(n1)-n1cc[n+](c1)Cc1ccc(cc1)C[n+]1ccn-2c1. The number of hydrogen-bond acceptors (Lipinski definition) is 2. The second kappa shape index (κ2) is 11.7.